The molecule has 0 atom stereocenters. The molecule has 1 fully saturated rings. The first-order valence-corrected chi connectivity index (χ1v) is 7.72. The van der Waals surface area contributed by atoms with Crippen molar-refractivity contribution in [1.29, 1.82) is 0 Å². The molecule has 0 aliphatic carbocycles. The molecule has 0 saturated carbocycles. The van der Waals surface area contributed by atoms with Crippen molar-refractivity contribution in [2.24, 2.45) is 0 Å². The number of hydrogen-bond donors (Lipinski definition) is 2. The van der Waals surface area contributed by atoms with Gasteiger partial charge in [0.05, 0.1) is 25.0 Å². The Kier molecular flexibility index (Phi) is 5.90. The van der Waals surface area contributed by atoms with Gasteiger partial charge in [0.25, 0.3) is 0 Å². The maximum Gasteiger partial charge on any atom is 0.223 e. The molecule has 2 rings (SSSR count). The molecule has 1 aromatic heterocycles. The van der Waals surface area contributed by atoms with Gasteiger partial charge in [-0.05, 0) is 12.8 Å². The van der Waals surface area contributed by atoms with Crippen molar-refractivity contribution >= 4 is 22.4 Å². The highest BCUT2D eigenvalue weighted by molar-refractivity contribution is 7.13. The molecule has 2 N–H and O–H groups in total. The number of aliphatic hydroxyl groups excluding tert-OH is 1. The van der Waals surface area contributed by atoms with E-state index in [9.17, 15) is 4.79 Å². The molecule has 1 aliphatic heterocycles. The van der Waals surface area contributed by atoms with Gasteiger partial charge in [0, 0.05) is 31.9 Å². The summed E-state index contributed by atoms with van der Waals surface area (Å²) in [6.45, 7) is 4.76. The van der Waals surface area contributed by atoms with Gasteiger partial charge < -0.3 is 15.2 Å². The van der Waals surface area contributed by atoms with Gasteiger partial charge in [-0.15, -0.1) is 11.3 Å². The summed E-state index contributed by atoms with van der Waals surface area (Å²) in [5, 5.41) is 14.1. The molecular weight excluding hydrogens is 278 g/mol. The molecular formula is C13H21N3O3S. The van der Waals surface area contributed by atoms with Crippen LogP contribution >= 0.6 is 11.3 Å². The number of nitrogens with one attached hydrogen (secondary N) is 1. The van der Waals surface area contributed by atoms with Crippen molar-refractivity contribution in [2.45, 2.75) is 32.4 Å². The van der Waals surface area contributed by atoms with Crippen molar-refractivity contribution < 1.29 is 14.6 Å². The normalized spacial score (nSPS) is 17.3. The minimum Gasteiger partial charge on any atom is -0.394 e. The number of aromatic nitrogens is 1. The lowest BCUT2D eigenvalue weighted by Gasteiger charge is -2.31. The van der Waals surface area contributed by atoms with Gasteiger partial charge in [-0.2, -0.15) is 0 Å². The molecule has 7 heteroatoms. The number of thiazole rings is 1. The first-order chi connectivity index (χ1) is 9.67. The molecule has 0 bridgehead atoms. The molecule has 20 heavy (non-hydrogen) atoms. The van der Waals surface area contributed by atoms with Gasteiger partial charge in [0.15, 0.2) is 5.13 Å². The van der Waals surface area contributed by atoms with E-state index in [4.69, 9.17) is 9.84 Å². The third kappa shape index (κ3) is 4.82. The highest BCUT2D eigenvalue weighted by Gasteiger charge is 2.20. The predicted octanol–water partition coefficient (Wildman–Crippen LogP) is 1.07. The Morgan fingerprint density at radius 2 is 2.35 bits per heavy atom. The third-order valence-electron chi connectivity index (χ3n) is 3.20. The third-order valence-corrected chi connectivity index (χ3v) is 4.01. The second-order valence-corrected chi connectivity index (χ2v) is 5.75. The molecule has 0 spiro atoms. The molecule has 0 unspecified atom stereocenters. The summed E-state index contributed by atoms with van der Waals surface area (Å²) in [5.41, 5.74) is 0.994. The first kappa shape index (κ1) is 15.4. The van der Waals surface area contributed by atoms with Crippen LogP contribution in [0.1, 0.15) is 25.5 Å². The Hall–Kier alpha value is -1.02. The minimum atomic E-state index is -0.0900. The van der Waals surface area contributed by atoms with E-state index in [2.05, 4.69) is 15.2 Å². The Morgan fingerprint density at radius 1 is 1.60 bits per heavy atom. The molecule has 0 aromatic carbocycles. The lowest BCUT2D eigenvalue weighted by molar-refractivity contribution is -0.114. The summed E-state index contributed by atoms with van der Waals surface area (Å²) in [6.07, 6.45) is 2.24. The van der Waals surface area contributed by atoms with E-state index >= 15 is 0 Å². The number of piperidine rings is 1. The maximum absolute atomic E-state index is 10.9. The Balaban J connectivity index is 1.75. The zero-order chi connectivity index (χ0) is 14.4. The van der Waals surface area contributed by atoms with Gasteiger partial charge in [0.2, 0.25) is 5.91 Å². The Bertz CT molecular complexity index is 430. The standard InChI is InChI=1S/C13H21N3O3S/c1-10(18)14-13-15-11(9-20-13)8-16-4-2-12(3-5-16)19-7-6-17/h9,12,17H,2-8H2,1H3,(H,14,15,18). The van der Waals surface area contributed by atoms with E-state index in [1.54, 1.807) is 0 Å². The quantitative estimate of drug-likeness (QED) is 0.822. The summed E-state index contributed by atoms with van der Waals surface area (Å²) < 4.78 is 5.54. The molecule has 6 nitrogen and oxygen atoms in total. The van der Waals surface area contributed by atoms with E-state index in [1.807, 2.05) is 5.38 Å². The largest absolute Gasteiger partial charge is 0.394 e. The summed E-state index contributed by atoms with van der Waals surface area (Å²) >= 11 is 1.46. The van der Waals surface area contributed by atoms with Gasteiger partial charge in [-0.3, -0.25) is 9.69 Å². The summed E-state index contributed by atoms with van der Waals surface area (Å²) in [6, 6.07) is 0. The van der Waals surface area contributed by atoms with Crippen LogP contribution in [-0.2, 0) is 16.1 Å². The predicted molar refractivity (Wildman–Crippen MR) is 77.8 cm³/mol. The zero-order valence-corrected chi connectivity index (χ0v) is 12.5. The van der Waals surface area contributed by atoms with Crippen molar-refractivity contribution in [3.05, 3.63) is 11.1 Å². The number of carbonyl (C=O) groups excluding carboxylic acids is 1. The monoisotopic (exact) mass is 299 g/mol. The van der Waals surface area contributed by atoms with Gasteiger partial charge in [0.1, 0.15) is 0 Å². The Labute approximate surface area is 122 Å². The van der Waals surface area contributed by atoms with Crippen LogP contribution in [0, 0.1) is 0 Å². The van der Waals surface area contributed by atoms with Gasteiger partial charge in [-0.1, -0.05) is 0 Å². The van der Waals surface area contributed by atoms with E-state index in [-0.39, 0.29) is 18.6 Å². The van der Waals surface area contributed by atoms with Crippen LogP contribution in [0.3, 0.4) is 0 Å². The second-order valence-electron chi connectivity index (χ2n) is 4.90. The number of carbonyl (C=O) groups is 1. The molecule has 1 aromatic rings. The molecule has 1 amide bonds. The SMILES string of the molecule is CC(=O)Nc1nc(CN2CCC(OCCO)CC2)cs1. The molecule has 2 heterocycles. The zero-order valence-electron chi connectivity index (χ0n) is 11.7. The van der Waals surface area contributed by atoms with Crippen molar-refractivity contribution in [1.82, 2.24) is 9.88 Å². The number of anilines is 1. The number of rotatable bonds is 6. The van der Waals surface area contributed by atoms with Gasteiger partial charge >= 0.3 is 0 Å². The van der Waals surface area contributed by atoms with Crippen LogP contribution in [-0.4, -0.2) is 53.3 Å². The highest BCUT2D eigenvalue weighted by Crippen LogP contribution is 2.19. The fraction of sp³-hybridized carbons (Fsp3) is 0.692. The summed E-state index contributed by atoms with van der Waals surface area (Å²) in [5.74, 6) is -0.0900. The van der Waals surface area contributed by atoms with Crippen LogP contribution < -0.4 is 5.32 Å². The van der Waals surface area contributed by atoms with Crippen LogP contribution in [0.4, 0.5) is 5.13 Å². The van der Waals surface area contributed by atoms with E-state index < -0.39 is 0 Å². The van der Waals surface area contributed by atoms with E-state index in [0.29, 0.717) is 11.7 Å². The number of likely N-dealkylation sites (tertiary alicyclic amines) is 1. The topological polar surface area (TPSA) is 74.7 Å². The van der Waals surface area contributed by atoms with Crippen molar-refractivity contribution in [3.8, 4) is 0 Å². The number of ether oxygens (including phenoxy) is 1. The average Bonchev–Trinajstić information content (AvgIpc) is 2.84. The lowest BCUT2D eigenvalue weighted by Crippen LogP contribution is -2.37. The van der Waals surface area contributed by atoms with Crippen LogP contribution in [0.15, 0.2) is 5.38 Å². The van der Waals surface area contributed by atoms with Crippen molar-refractivity contribution in [3.63, 3.8) is 0 Å². The van der Waals surface area contributed by atoms with E-state index in [0.717, 1.165) is 38.2 Å². The minimum absolute atomic E-state index is 0.0883. The molecule has 112 valence electrons. The molecule has 1 aliphatic rings. The highest BCUT2D eigenvalue weighted by atomic mass is 32.1. The first-order valence-electron chi connectivity index (χ1n) is 6.84. The average molecular weight is 299 g/mol. The maximum atomic E-state index is 10.9. The summed E-state index contributed by atoms with van der Waals surface area (Å²) in [7, 11) is 0. The number of hydrogen-bond acceptors (Lipinski definition) is 6. The number of nitrogens with zero attached hydrogens (tertiary/aromatic N) is 2. The molecule has 1 saturated heterocycles. The van der Waals surface area contributed by atoms with E-state index in [1.165, 1.54) is 18.3 Å². The van der Waals surface area contributed by atoms with Crippen LogP contribution in [0.25, 0.3) is 0 Å². The smallest absolute Gasteiger partial charge is 0.223 e. The van der Waals surface area contributed by atoms with Crippen LogP contribution in [0.2, 0.25) is 0 Å². The number of amides is 1. The molecule has 0 radical (unpaired) electrons. The fourth-order valence-electron chi connectivity index (χ4n) is 2.27. The van der Waals surface area contributed by atoms with Crippen LogP contribution in [0.5, 0.6) is 0 Å². The lowest BCUT2D eigenvalue weighted by atomic mass is 10.1. The van der Waals surface area contributed by atoms with Crippen molar-refractivity contribution in [2.75, 3.05) is 31.6 Å². The Morgan fingerprint density at radius 3 is 3.00 bits per heavy atom. The second kappa shape index (κ2) is 7.68. The summed E-state index contributed by atoms with van der Waals surface area (Å²) in [4.78, 5) is 17.7. The number of aliphatic hydroxyl groups is 1. The van der Waals surface area contributed by atoms with Gasteiger partial charge in [-0.25, -0.2) is 4.98 Å². The fourth-order valence-corrected chi connectivity index (χ4v) is 3.02.